The minimum Gasteiger partial charge on any atom is -0.379 e. The number of hydrogen-bond donors (Lipinski definition) is 1. The molecule has 2 fully saturated rings. The monoisotopic (exact) mass is 405 g/mol. The quantitative estimate of drug-likeness (QED) is 0.773. The summed E-state index contributed by atoms with van der Waals surface area (Å²) in [6.45, 7) is 4.12. The number of ether oxygens (including phenoxy) is 1. The number of morpholine rings is 1. The van der Waals surface area contributed by atoms with Crippen molar-refractivity contribution < 1.29 is 4.74 Å². The van der Waals surface area contributed by atoms with Gasteiger partial charge < -0.3 is 10.1 Å². The molecule has 1 aromatic heterocycles. The zero-order chi connectivity index (χ0) is 20.4. The van der Waals surface area contributed by atoms with Gasteiger partial charge in [-0.05, 0) is 47.8 Å². The Labute approximate surface area is 175 Å². The smallest absolute Gasteiger partial charge is 0.190 e. The van der Waals surface area contributed by atoms with Crippen molar-refractivity contribution in [2.45, 2.75) is 31.7 Å². The molecule has 1 aromatic rings. The van der Waals surface area contributed by atoms with Gasteiger partial charge in [0, 0.05) is 30.4 Å². The lowest BCUT2D eigenvalue weighted by atomic mass is 9.54. The number of hydrogen-bond acceptors (Lipinski definition) is 7. The first kappa shape index (κ1) is 19.8. The average molecular weight is 406 g/mol. The molecule has 0 radical (unpaired) electrons. The Morgan fingerprint density at radius 2 is 2.00 bits per heavy atom. The van der Waals surface area contributed by atoms with Crippen LogP contribution in [-0.2, 0) is 11.3 Å². The van der Waals surface area contributed by atoms with Crippen molar-refractivity contribution in [2.75, 3.05) is 26.3 Å². The molecule has 0 spiro atoms. The summed E-state index contributed by atoms with van der Waals surface area (Å²) in [5.74, 6) is -1.18. The van der Waals surface area contributed by atoms with Crippen LogP contribution in [0.4, 0.5) is 0 Å². The summed E-state index contributed by atoms with van der Waals surface area (Å²) in [6.07, 6.45) is 4.80. The van der Waals surface area contributed by atoms with Gasteiger partial charge in [-0.1, -0.05) is 6.08 Å². The first-order valence-electron chi connectivity index (χ1n) is 10.0. The number of nitriles is 3. The number of nitrogens with zero attached hydrogens (tertiary/aromatic N) is 4. The zero-order valence-electron chi connectivity index (χ0n) is 16.2. The van der Waals surface area contributed by atoms with Crippen LogP contribution in [0, 0.1) is 56.7 Å². The zero-order valence-corrected chi connectivity index (χ0v) is 17.0. The molecule has 0 aromatic carbocycles. The van der Waals surface area contributed by atoms with E-state index >= 15 is 0 Å². The van der Waals surface area contributed by atoms with Crippen LogP contribution in [0.1, 0.15) is 35.6 Å². The summed E-state index contributed by atoms with van der Waals surface area (Å²) in [5, 5.41) is 40.6. The summed E-state index contributed by atoms with van der Waals surface area (Å²) < 4.78 is 5.42. The van der Waals surface area contributed by atoms with E-state index < -0.39 is 11.3 Å². The van der Waals surface area contributed by atoms with E-state index in [9.17, 15) is 15.8 Å². The van der Waals surface area contributed by atoms with Crippen molar-refractivity contribution in [3.05, 3.63) is 33.5 Å². The molecule has 1 aliphatic heterocycles. The fourth-order valence-corrected chi connectivity index (χ4v) is 6.11. The topological polar surface area (TPSA) is 108 Å². The van der Waals surface area contributed by atoms with Crippen molar-refractivity contribution in [1.29, 1.82) is 21.2 Å². The molecule has 3 aliphatic rings. The standard InChI is InChI=1S/C22H23N5OS/c23-10-18-16-3-1-2-4-17(16)20(22(13-24,14-25)21(18)26)19-9-15(12-29-19)11-27-5-7-28-8-6-27/h3,9,12,17-18,20,26H,1-2,4-8,11H2/t17-,18-,20-/m1/s1. The molecule has 0 bridgehead atoms. The van der Waals surface area contributed by atoms with Crippen molar-refractivity contribution in [2.24, 2.45) is 17.3 Å². The molecule has 1 saturated carbocycles. The molecule has 2 heterocycles. The Bertz CT molecular complexity index is 939. The van der Waals surface area contributed by atoms with E-state index in [2.05, 4.69) is 40.6 Å². The lowest BCUT2D eigenvalue weighted by molar-refractivity contribution is 0.0342. The first-order chi connectivity index (χ1) is 14.1. The second-order valence-electron chi connectivity index (χ2n) is 7.97. The Kier molecular flexibility index (Phi) is 5.52. The predicted octanol–water partition coefficient (Wildman–Crippen LogP) is 3.60. The van der Waals surface area contributed by atoms with Gasteiger partial charge in [0.15, 0.2) is 5.41 Å². The van der Waals surface area contributed by atoms with Crippen LogP contribution < -0.4 is 0 Å². The van der Waals surface area contributed by atoms with Gasteiger partial charge >= 0.3 is 0 Å². The average Bonchev–Trinajstić information content (AvgIpc) is 3.21. The molecule has 0 amide bonds. The van der Waals surface area contributed by atoms with Gasteiger partial charge in [-0.25, -0.2) is 0 Å². The minimum absolute atomic E-state index is 0.0308. The molecular weight excluding hydrogens is 382 g/mol. The van der Waals surface area contributed by atoms with E-state index in [4.69, 9.17) is 10.1 Å². The summed E-state index contributed by atoms with van der Waals surface area (Å²) in [4.78, 5) is 3.33. The highest BCUT2D eigenvalue weighted by Crippen LogP contribution is 2.56. The molecule has 29 heavy (non-hydrogen) atoms. The Balaban J connectivity index is 1.72. The van der Waals surface area contributed by atoms with E-state index in [0.29, 0.717) is 0 Å². The summed E-state index contributed by atoms with van der Waals surface area (Å²) in [7, 11) is 0. The van der Waals surface area contributed by atoms with Crippen LogP contribution in [0.3, 0.4) is 0 Å². The lowest BCUT2D eigenvalue weighted by Gasteiger charge is -2.45. The second kappa shape index (κ2) is 8.09. The molecule has 6 nitrogen and oxygen atoms in total. The molecule has 2 aliphatic carbocycles. The highest BCUT2D eigenvalue weighted by Gasteiger charge is 2.57. The summed E-state index contributed by atoms with van der Waals surface area (Å²) >= 11 is 1.58. The maximum atomic E-state index is 10.1. The van der Waals surface area contributed by atoms with Crippen LogP contribution in [0.25, 0.3) is 0 Å². The molecule has 4 rings (SSSR count). The van der Waals surface area contributed by atoms with Crippen molar-refractivity contribution >= 4 is 17.0 Å². The molecular formula is C22H23N5OS. The van der Waals surface area contributed by atoms with Gasteiger partial charge in [0.1, 0.15) is 5.92 Å². The van der Waals surface area contributed by atoms with Gasteiger partial charge in [0.05, 0.1) is 37.1 Å². The van der Waals surface area contributed by atoms with E-state index in [1.54, 1.807) is 11.3 Å². The molecule has 0 unspecified atom stereocenters. The number of rotatable bonds is 3. The Morgan fingerprint density at radius 1 is 1.24 bits per heavy atom. The molecule has 148 valence electrons. The van der Waals surface area contributed by atoms with Gasteiger partial charge in [-0.15, -0.1) is 11.3 Å². The van der Waals surface area contributed by atoms with Crippen LogP contribution in [0.5, 0.6) is 0 Å². The molecule has 7 heteroatoms. The highest BCUT2D eigenvalue weighted by molar-refractivity contribution is 7.10. The highest BCUT2D eigenvalue weighted by atomic mass is 32.1. The van der Waals surface area contributed by atoms with E-state index in [1.165, 1.54) is 5.56 Å². The van der Waals surface area contributed by atoms with Crippen molar-refractivity contribution in [1.82, 2.24) is 4.90 Å². The minimum atomic E-state index is -1.58. The summed E-state index contributed by atoms with van der Waals surface area (Å²) in [6, 6.07) is 8.65. The Morgan fingerprint density at radius 3 is 2.69 bits per heavy atom. The largest absolute Gasteiger partial charge is 0.379 e. The van der Waals surface area contributed by atoms with E-state index in [1.807, 2.05) is 0 Å². The van der Waals surface area contributed by atoms with Crippen LogP contribution in [-0.4, -0.2) is 36.9 Å². The second-order valence-corrected chi connectivity index (χ2v) is 8.92. The maximum Gasteiger partial charge on any atom is 0.190 e. The van der Waals surface area contributed by atoms with Gasteiger partial charge in [-0.2, -0.15) is 15.8 Å². The number of thiophene rings is 1. The van der Waals surface area contributed by atoms with Crippen LogP contribution in [0.15, 0.2) is 23.1 Å². The number of nitrogens with one attached hydrogen (secondary N) is 1. The third kappa shape index (κ3) is 3.28. The lowest BCUT2D eigenvalue weighted by Crippen LogP contribution is -2.48. The van der Waals surface area contributed by atoms with Crippen molar-refractivity contribution in [3.63, 3.8) is 0 Å². The normalized spacial score (nSPS) is 29.1. The Hall–Kier alpha value is -2.50. The maximum absolute atomic E-state index is 10.1. The molecule has 1 N–H and O–H groups in total. The van der Waals surface area contributed by atoms with Crippen LogP contribution >= 0.6 is 11.3 Å². The third-order valence-electron chi connectivity index (χ3n) is 6.42. The SMILES string of the molecule is N#C[C@H]1C(=N)C(C#N)(C#N)[C@@H](c2cc(CN3CCOCC3)cs2)[C@@H]2CCCC=C12. The van der Waals surface area contributed by atoms with Crippen LogP contribution in [0.2, 0.25) is 0 Å². The molecule has 1 saturated heterocycles. The van der Waals surface area contributed by atoms with Gasteiger partial charge in [-0.3, -0.25) is 4.90 Å². The first-order valence-corrected chi connectivity index (χ1v) is 10.9. The van der Waals surface area contributed by atoms with Gasteiger partial charge in [0.25, 0.3) is 0 Å². The van der Waals surface area contributed by atoms with Gasteiger partial charge in [0.2, 0.25) is 0 Å². The molecule has 3 atom stereocenters. The fourth-order valence-electron chi connectivity index (χ4n) is 4.97. The van der Waals surface area contributed by atoms with E-state index in [0.717, 1.165) is 62.6 Å². The van der Waals surface area contributed by atoms with E-state index in [-0.39, 0.29) is 17.5 Å². The third-order valence-corrected chi connectivity index (χ3v) is 7.48. The number of fused-ring (bicyclic) bond motifs is 1. The fraction of sp³-hybridized carbons (Fsp3) is 0.545. The van der Waals surface area contributed by atoms with Crippen molar-refractivity contribution in [3.8, 4) is 18.2 Å². The number of allylic oxidation sites excluding steroid dienone is 2. The summed E-state index contributed by atoms with van der Waals surface area (Å²) in [5.41, 5.74) is 0.480. The predicted molar refractivity (Wildman–Crippen MR) is 109 cm³/mol.